The van der Waals surface area contributed by atoms with Gasteiger partial charge in [-0.25, -0.2) is 5.48 Å². The van der Waals surface area contributed by atoms with Crippen LogP contribution in [-0.4, -0.2) is 25.2 Å². The first kappa shape index (κ1) is 10.0. The molecular weight excluding hydrogens is 146 g/mol. The van der Waals surface area contributed by atoms with Gasteiger partial charge in [-0.3, -0.25) is 0 Å². The Labute approximate surface area is 67.0 Å². The minimum absolute atomic E-state index is 0.522. The number of hydroxylamine groups is 1. The lowest BCUT2D eigenvalue weighted by Gasteiger charge is -2.07. The molecular formula is C7H15NOS. The molecule has 0 aliphatic heterocycles. The van der Waals surface area contributed by atoms with E-state index in [0.29, 0.717) is 5.25 Å². The Morgan fingerprint density at radius 3 is 2.90 bits per heavy atom. The molecule has 0 fully saturated rings. The summed E-state index contributed by atoms with van der Waals surface area (Å²) in [7, 11) is 1.77. The van der Waals surface area contributed by atoms with Gasteiger partial charge in [-0.2, -0.15) is 11.8 Å². The van der Waals surface area contributed by atoms with Crippen molar-refractivity contribution in [1.29, 1.82) is 0 Å². The summed E-state index contributed by atoms with van der Waals surface area (Å²) in [6, 6.07) is 0. The minimum Gasteiger partial charge on any atom is -0.302 e. The van der Waals surface area contributed by atoms with Crippen LogP contribution in [0.1, 0.15) is 6.42 Å². The fourth-order valence-corrected chi connectivity index (χ4v) is 1.13. The van der Waals surface area contributed by atoms with Gasteiger partial charge in [0.1, 0.15) is 0 Å². The maximum atomic E-state index is 4.96. The number of thioether (sulfide) groups is 1. The summed E-state index contributed by atoms with van der Waals surface area (Å²) in [5.41, 5.74) is 2.63. The highest BCUT2D eigenvalue weighted by Gasteiger charge is 1.99. The Balaban J connectivity index is 3.17. The van der Waals surface area contributed by atoms with Gasteiger partial charge in [0.05, 0.1) is 6.61 Å². The molecule has 0 bridgehead atoms. The van der Waals surface area contributed by atoms with Crippen molar-refractivity contribution in [3.05, 3.63) is 12.7 Å². The smallest absolute Gasteiger partial charge is 0.0695 e. The van der Waals surface area contributed by atoms with Crippen molar-refractivity contribution in [3.63, 3.8) is 0 Å². The van der Waals surface area contributed by atoms with Crippen LogP contribution >= 0.6 is 11.8 Å². The topological polar surface area (TPSA) is 21.3 Å². The first-order valence-corrected chi connectivity index (χ1v) is 4.57. The molecule has 0 amide bonds. The summed E-state index contributed by atoms with van der Waals surface area (Å²) >= 11 is 1.79. The first-order valence-electron chi connectivity index (χ1n) is 3.29. The summed E-state index contributed by atoms with van der Waals surface area (Å²) < 4.78 is 0. The summed E-state index contributed by atoms with van der Waals surface area (Å²) in [5, 5.41) is 0.522. The molecule has 0 saturated heterocycles. The van der Waals surface area contributed by atoms with Crippen molar-refractivity contribution in [2.24, 2.45) is 0 Å². The molecule has 0 heterocycles. The molecule has 0 saturated carbocycles. The predicted molar refractivity (Wildman–Crippen MR) is 47.1 cm³/mol. The Morgan fingerprint density at radius 1 is 1.80 bits per heavy atom. The molecule has 1 N–H and O–H groups in total. The first-order chi connectivity index (χ1) is 4.85. The van der Waals surface area contributed by atoms with E-state index >= 15 is 0 Å². The van der Waals surface area contributed by atoms with Crippen molar-refractivity contribution in [1.82, 2.24) is 5.48 Å². The van der Waals surface area contributed by atoms with E-state index in [2.05, 4.69) is 18.3 Å². The van der Waals surface area contributed by atoms with Gasteiger partial charge in [-0.1, -0.05) is 6.08 Å². The largest absolute Gasteiger partial charge is 0.302 e. The Bertz CT molecular complexity index is 87.7. The van der Waals surface area contributed by atoms with E-state index in [9.17, 15) is 0 Å². The van der Waals surface area contributed by atoms with Crippen molar-refractivity contribution >= 4 is 11.8 Å². The third-order valence-corrected chi connectivity index (χ3v) is 2.25. The molecule has 0 rings (SSSR count). The fourth-order valence-electron chi connectivity index (χ4n) is 0.609. The molecule has 10 heavy (non-hydrogen) atoms. The van der Waals surface area contributed by atoms with E-state index in [-0.39, 0.29) is 0 Å². The summed E-state index contributed by atoms with van der Waals surface area (Å²) in [6.45, 7) is 4.46. The fraction of sp³-hybridized carbons (Fsp3) is 0.714. The van der Waals surface area contributed by atoms with E-state index in [1.807, 2.05) is 6.08 Å². The van der Waals surface area contributed by atoms with Gasteiger partial charge >= 0.3 is 0 Å². The number of rotatable bonds is 6. The van der Waals surface area contributed by atoms with E-state index in [0.717, 1.165) is 13.0 Å². The lowest BCUT2D eigenvalue weighted by Crippen LogP contribution is -2.11. The monoisotopic (exact) mass is 161 g/mol. The van der Waals surface area contributed by atoms with Crippen LogP contribution < -0.4 is 5.48 Å². The Kier molecular flexibility index (Phi) is 7.13. The van der Waals surface area contributed by atoms with Crippen molar-refractivity contribution in [2.45, 2.75) is 11.7 Å². The molecule has 0 radical (unpaired) electrons. The second-order valence-electron chi connectivity index (χ2n) is 1.85. The van der Waals surface area contributed by atoms with Crippen LogP contribution in [0.3, 0.4) is 0 Å². The van der Waals surface area contributed by atoms with Crippen molar-refractivity contribution in [3.8, 4) is 0 Å². The van der Waals surface area contributed by atoms with E-state index in [1.165, 1.54) is 0 Å². The summed E-state index contributed by atoms with van der Waals surface area (Å²) in [4.78, 5) is 4.96. The van der Waals surface area contributed by atoms with Crippen LogP contribution in [0.2, 0.25) is 0 Å². The van der Waals surface area contributed by atoms with Crippen LogP contribution in [0.4, 0.5) is 0 Å². The summed E-state index contributed by atoms with van der Waals surface area (Å²) in [6.07, 6.45) is 5.04. The highest BCUT2D eigenvalue weighted by atomic mass is 32.2. The average molecular weight is 161 g/mol. The highest BCUT2D eigenvalue weighted by Crippen LogP contribution is 2.10. The molecule has 60 valence electrons. The Hall–Kier alpha value is 0.0100. The van der Waals surface area contributed by atoms with Crippen LogP contribution in [0, 0.1) is 0 Å². The third-order valence-electron chi connectivity index (χ3n) is 1.21. The van der Waals surface area contributed by atoms with Gasteiger partial charge in [0.2, 0.25) is 0 Å². The number of nitrogens with one attached hydrogen (secondary N) is 1. The van der Waals surface area contributed by atoms with Gasteiger partial charge in [-0.15, -0.1) is 6.58 Å². The number of hydrogen-bond acceptors (Lipinski definition) is 3. The molecule has 2 nitrogen and oxygen atoms in total. The van der Waals surface area contributed by atoms with Gasteiger partial charge < -0.3 is 4.84 Å². The zero-order valence-corrected chi connectivity index (χ0v) is 7.41. The minimum atomic E-state index is 0.522. The average Bonchev–Trinajstić information content (AvgIpc) is 1.99. The molecule has 0 aromatic rings. The van der Waals surface area contributed by atoms with E-state index in [1.54, 1.807) is 18.8 Å². The molecule has 0 spiro atoms. The van der Waals surface area contributed by atoms with Gasteiger partial charge in [0.15, 0.2) is 0 Å². The van der Waals surface area contributed by atoms with E-state index in [4.69, 9.17) is 4.84 Å². The van der Waals surface area contributed by atoms with Gasteiger partial charge in [-0.05, 0) is 12.7 Å². The lowest BCUT2D eigenvalue weighted by molar-refractivity contribution is 0.0573. The molecule has 0 aliphatic rings. The molecule has 1 unspecified atom stereocenters. The molecule has 0 aromatic carbocycles. The Morgan fingerprint density at radius 2 is 2.50 bits per heavy atom. The van der Waals surface area contributed by atoms with Gasteiger partial charge in [0, 0.05) is 12.3 Å². The summed E-state index contributed by atoms with van der Waals surface area (Å²) in [5.74, 6) is 0. The normalized spacial score (nSPS) is 13.0. The predicted octanol–water partition coefficient (Wildman–Crippen LogP) is 1.45. The molecule has 0 aliphatic carbocycles. The van der Waals surface area contributed by atoms with Gasteiger partial charge in [0.25, 0.3) is 0 Å². The second kappa shape index (κ2) is 7.12. The van der Waals surface area contributed by atoms with Crippen molar-refractivity contribution in [2.75, 3.05) is 19.9 Å². The second-order valence-corrected chi connectivity index (χ2v) is 2.93. The quantitative estimate of drug-likeness (QED) is 0.362. The zero-order chi connectivity index (χ0) is 7.82. The zero-order valence-electron chi connectivity index (χ0n) is 6.59. The number of hydrogen-bond donors (Lipinski definition) is 1. The highest BCUT2D eigenvalue weighted by molar-refractivity contribution is 7.99. The molecule has 1 atom stereocenters. The standard InChI is InChI=1S/C7H15NOS/c1-4-7(10-3)5-6-9-8-2/h4,7-8H,1,5-6H2,2-3H3. The SMILES string of the molecule is C=CC(CCONC)SC. The van der Waals surface area contributed by atoms with Crippen LogP contribution in [0.15, 0.2) is 12.7 Å². The van der Waals surface area contributed by atoms with E-state index < -0.39 is 0 Å². The molecule has 3 heteroatoms. The molecule has 0 aromatic heterocycles. The lowest BCUT2D eigenvalue weighted by atomic mass is 10.3. The van der Waals surface area contributed by atoms with Crippen LogP contribution in [-0.2, 0) is 4.84 Å². The third kappa shape index (κ3) is 4.85. The maximum Gasteiger partial charge on any atom is 0.0695 e. The van der Waals surface area contributed by atoms with Crippen LogP contribution in [0.25, 0.3) is 0 Å². The van der Waals surface area contributed by atoms with Crippen LogP contribution in [0.5, 0.6) is 0 Å². The maximum absolute atomic E-state index is 4.96. The van der Waals surface area contributed by atoms with Crippen molar-refractivity contribution < 1.29 is 4.84 Å².